The van der Waals surface area contributed by atoms with Gasteiger partial charge in [0.1, 0.15) is 0 Å². The van der Waals surface area contributed by atoms with E-state index in [1.165, 1.54) is 0 Å². The van der Waals surface area contributed by atoms with E-state index in [0.717, 1.165) is 0 Å². The van der Waals surface area contributed by atoms with Crippen LogP contribution in [-0.2, 0) is 0 Å². The molecule has 0 saturated carbocycles. The molecule has 12 radical (unpaired) electrons. The molecular weight excluding hydrogens is 169 g/mol. The molecule has 0 saturated heterocycles. The van der Waals surface area contributed by atoms with Crippen molar-refractivity contribution >= 4 is 71.4 Å². The summed E-state index contributed by atoms with van der Waals surface area (Å²) in [4.78, 5) is 0. The molecule has 0 spiro atoms. The summed E-state index contributed by atoms with van der Waals surface area (Å²) in [5.41, 5.74) is 0. The van der Waals surface area contributed by atoms with Gasteiger partial charge in [0.25, 0.3) is 0 Å². The topological polar surface area (TPSA) is 220 Å². The second-order valence-electron chi connectivity index (χ2n) is 0. The SMILES string of the molecule is O.O.O.O.O.O.O.[B].[B].[B].[B].[LiH].[LiH]. The van der Waals surface area contributed by atoms with Gasteiger partial charge in [-0.1, -0.05) is 0 Å². The van der Waals surface area contributed by atoms with Gasteiger partial charge in [-0.15, -0.1) is 0 Å². The van der Waals surface area contributed by atoms with Crippen molar-refractivity contribution in [1.82, 2.24) is 0 Å². The summed E-state index contributed by atoms with van der Waals surface area (Å²) in [5.74, 6) is 0. The van der Waals surface area contributed by atoms with Crippen LogP contribution in [0.15, 0.2) is 0 Å². The predicted octanol–water partition coefficient (Wildman–Crippen LogP) is -8.59. The zero-order valence-electron chi connectivity index (χ0n) is 5.81. The van der Waals surface area contributed by atoms with E-state index in [1.54, 1.807) is 0 Å². The fourth-order valence-corrected chi connectivity index (χ4v) is 0. The molecule has 0 unspecified atom stereocenters. The molecule has 72 valence electrons. The van der Waals surface area contributed by atoms with Crippen molar-refractivity contribution in [3.63, 3.8) is 0 Å². The number of hydrogen-bond acceptors (Lipinski definition) is 0. The second-order valence-corrected chi connectivity index (χ2v) is 0. The fourth-order valence-electron chi connectivity index (χ4n) is 0. The van der Waals surface area contributed by atoms with Gasteiger partial charge in [-0.3, -0.25) is 0 Å². The molecule has 0 aromatic rings. The molecule has 0 amide bonds. The number of rotatable bonds is 0. The molecule has 13 heteroatoms. The van der Waals surface area contributed by atoms with Crippen molar-refractivity contribution in [2.75, 3.05) is 0 Å². The summed E-state index contributed by atoms with van der Waals surface area (Å²) in [5, 5.41) is 0. The van der Waals surface area contributed by atoms with Crippen LogP contribution >= 0.6 is 0 Å². The van der Waals surface area contributed by atoms with E-state index in [2.05, 4.69) is 0 Å². The maximum atomic E-state index is 0. The first-order valence-corrected chi connectivity index (χ1v) is 0. The third-order valence-corrected chi connectivity index (χ3v) is 0. The molecule has 0 aromatic carbocycles. The average Bonchev–Trinajstić information content (AvgIpc) is 0. The third kappa shape index (κ3) is 1190. The van der Waals surface area contributed by atoms with Gasteiger partial charge in [0.2, 0.25) is 0 Å². The van der Waals surface area contributed by atoms with Crippen molar-refractivity contribution in [1.29, 1.82) is 0 Å². The Kier molecular flexibility index (Phi) is 194000. The van der Waals surface area contributed by atoms with Gasteiger partial charge < -0.3 is 38.3 Å². The second kappa shape index (κ2) is 1420. The van der Waals surface area contributed by atoms with Gasteiger partial charge in [-0.05, 0) is 0 Å². The van der Waals surface area contributed by atoms with Gasteiger partial charge >= 0.3 is 37.7 Å². The zero-order valence-corrected chi connectivity index (χ0v) is 5.81. The minimum atomic E-state index is 0. The monoisotopic (exact) mass is 186 g/mol. The van der Waals surface area contributed by atoms with Crippen LogP contribution in [0.3, 0.4) is 0 Å². The molecule has 0 heterocycles. The van der Waals surface area contributed by atoms with Gasteiger partial charge in [-0.2, -0.15) is 0 Å². The molecule has 14 N–H and O–H groups in total. The molecular formula is H16B4Li2O7. The summed E-state index contributed by atoms with van der Waals surface area (Å²) in [7, 11) is 0. The summed E-state index contributed by atoms with van der Waals surface area (Å²) in [6, 6.07) is 0. The van der Waals surface area contributed by atoms with Crippen LogP contribution < -0.4 is 0 Å². The Hall–Kier alpha value is 1.17. The van der Waals surface area contributed by atoms with E-state index in [0.29, 0.717) is 0 Å². The Bertz CT molecular complexity index is 18.5. The average molecular weight is 185 g/mol. The summed E-state index contributed by atoms with van der Waals surface area (Å²) in [6.45, 7) is 0. The molecule has 0 aliphatic carbocycles. The Morgan fingerprint density at radius 2 is 0.231 bits per heavy atom. The summed E-state index contributed by atoms with van der Waals surface area (Å²) < 4.78 is 0. The first-order valence-electron chi connectivity index (χ1n) is 0. The normalized spacial score (nSPS) is 0. The van der Waals surface area contributed by atoms with Crippen LogP contribution in [0.25, 0.3) is 0 Å². The third-order valence-electron chi connectivity index (χ3n) is 0. The van der Waals surface area contributed by atoms with Gasteiger partial charge in [0.05, 0.1) is 0 Å². The fraction of sp³-hybridized carbons (Fsp3) is 0. The van der Waals surface area contributed by atoms with Gasteiger partial charge in [0, 0.05) is 33.7 Å². The van der Waals surface area contributed by atoms with E-state index >= 15 is 0 Å². The minimum absolute atomic E-state index is 0. The van der Waals surface area contributed by atoms with Crippen LogP contribution in [-0.4, -0.2) is 110 Å². The van der Waals surface area contributed by atoms with E-state index in [9.17, 15) is 0 Å². The van der Waals surface area contributed by atoms with Crippen molar-refractivity contribution < 1.29 is 38.3 Å². The first-order chi connectivity index (χ1) is 0. The van der Waals surface area contributed by atoms with Crippen LogP contribution in [0.4, 0.5) is 0 Å². The number of hydrogen-bond donors (Lipinski definition) is 0. The Morgan fingerprint density at radius 1 is 0.231 bits per heavy atom. The maximum absolute atomic E-state index is 0. The molecule has 0 aliphatic rings. The quantitative estimate of drug-likeness (QED) is 0.320. The summed E-state index contributed by atoms with van der Waals surface area (Å²) >= 11 is 0. The van der Waals surface area contributed by atoms with E-state index in [-0.39, 0.29) is 110 Å². The standard InChI is InChI=1S/4B.2Li.7H2O.2H/h;;;;;;7*1H2;;. The van der Waals surface area contributed by atoms with Crippen molar-refractivity contribution in [3.8, 4) is 0 Å². The molecule has 0 aromatic heterocycles. The predicted molar refractivity (Wildman–Crippen MR) is 62.6 cm³/mol. The van der Waals surface area contributed by atoms with E-state index in [1.807, 2.05) is 0 Å². The van der Waals surface area contributed by atoms with Crippen LogP contribution in [0.5, 0.6) is 0 Å². The van der Waals surface area contributed by atoms with Crippen molar-refractivity contribution in [3.05, 3.63) is 0 Å². The van der Waals surface area contributed by atoms with Gasteiger partial charge in [0.15, 0.2) is 0 Å². The first kappa shape index (κ1) is 1780. The Labute approximate surface area is 110 Å². The van der Waals surface area contributed by atoms with Crippen molar-refractivity contribution in [2.45, 2.75) is 0 Å². The molecule has 0 fully saturated rings. The van der Waals surface area contributed by atoms with Crippen LogP contribution in [0, 0.1) is 0 Å². The van der Waals surface area contributed by atoms with Crippen molar-refractivity contribution in [2.24, 2.45) is 0 Å². The van der Waals surface area contributed by atoms with Gasteiger partial charge in [-0.25, -0.2) is 0 Å². The molecule has 0 atom stereocenters. The Morgan fingerprint density at radius 3 is 0.231 bits per heavy atom. The molecule has 0 aliphatic heterocycles. The van der Waals surface area contributed by atoms with Crippen LogP contribution in [0.2, 0.25) is 0 Å². The molecule has 0 bridgehead atoms. The Balaban J connectivity index is 0. The van der Waals surface area contributed by atoms with E-state index < -0.39 is 0 Å². The van der Waals surface area contributed by atoms with Crippen LogP contribution in [0.1, 0.15) is 0 Å². The zero-order chi connectivity index (χ0) is 0. The molecule has 13 heavy (non-hydrogen) atoms. The molecule has 7 nitrogen and oxygen atoms in total. The summed E-state index contributed by atoms with van der Waals surface area (Å²) in [6.07, 6.45) is 0. The molecule has 0 rings (SSSR count). The van der Waals surface area contributed by atoms with E-state index in [4.69, 9.17) is 0 Å².